The average Bonchev–Trinajstić information content (AvgIpc) is 2.92. The van der Waals surface area contributed by atoms with Gasteiger partial charge in [0.1, 0.15) is 5.92 Å². The van der Waals surface area contributed by atoms with Crippen LogP contribution < -0.4 is 0 Å². The molecule has 1 rings (SSSR count). The monoisotopic (exact) mass is 286 g/mol. The zero-order chi connectivity index (χ0) is 15.3. The van der Waals surface area contributed by atoms with Crippen molar-refractivity contribution in [2.75, 3.05) is 33.4 Å². The van der Waals surface area contributed by atoms with Crippen molar-refractivity contribution in [1.82, 2.24) is 9.80 Å². The lowest BCUT2D eigenvalue weighted by molar-refractivity contribution is -0.142. The number of aliphatic carboxylic acids is 1. The molecule has 0 aromatic carbocycles. The maximum atomic E-state index is 12.5. The van der Waals surface area contributed by atoms with E-state index in [0.717, 1.165) is 6.42 Å². The molecule has 1 heterocycles. The van der Waals surface area contributed by atoms with E-state index >= 15 is 0 Å². The number of carbonyl (C=O) groups excluding carboxylic acids is 1. The maximum absolute atomic E-state index is 12.5. The summed E-state index contributed by atoms with van der Waals surface area (Å²) in [6, 6.07) is -0.500. The lowest BCUT2D eigenvalue weighted by Crippen LogP contribution is -2.50. The van der Waals surface area contributed by atoms with E-state index in [0.29, 0.717) is 25.6 Å². The molecule has 116 valence electrons. The third kappa shape index (κ3) is 3.85. The molecule has 0 aromatic heterocycles. The maximum Gasteiger partial charge on any atom is 0.320 e. The van der Waals surface area contributed by atoms with Crippen LogP contribution in [0.15, 0.2) is 0 Å². The Morgan fingerprint density at radius 1 is 1.35 bits per heavy atom. The fraction of sp³-hybridized carbons (Fsp3) is 0.857. The van der Waals surface area contributed by atoms with Gasteiger partial charge in [-0.15, -0.1) is 0 Å². The number of amides is 2. The number of nitrogens with zero attached hydrogens (tertiary/aromatic N) is 2. The van der Waals surface area contributed by atoms with E-state index in [1.54, 1.807) is 11.9 Å². The van der Waals surface area contributed by atoms with Crippen LogP contribution >= 0.6 is 0 Å². The summed E-state index contributed by atoms with van der Waals surface area (Å²) in [5.41, 5.74) is 0. The van der Waals surface area contributed by atoms with E-state index in [1.807, 2.05) is 6.92 Å². The Labute approximate surface area is 120 Å². The van der Waals surface area contributed by atoms with Gasteiger partial charge in [-0.3, -0.25) is 4.79 Å². The zero-order valence-electron chi connectivity index (χ0n) is 12.8. The molecule has 0 bridgehead atoms. The van der Waals surface area contributed by atoms with Crippen molar-refractivity contribution in [1.29, 1.82) is 0 Å². The summed E-state index contributed by atoms with van der Waals surface area (Å²) >= 11 is 0. The predicted octanol–water partition coefficient (Wildman–Crippen LogP) is 1.51. The van der Waals surface area contributed by atoms with Gasteiger partial charge in [0.15, 0.2) is 0 Å². The number of carboxylic acid groups (broad SMARTS) is 1. The lowest BCUT2D eigenvalue weighted by Gasteiger charge is -2.33. The molecule has 0 aliphatic carbocycles. The van der Waals surface area contributed by atoms with Gasteiger partial charge in [-0.25, -0.2) is 4.79 Å². The van der Waals surface area contributed by atoms with Gasteiger partial charge >= 0.3 is 12.0 Å². The average molecular weight is 286 g/mol. The second-order valence-electron chi connectivity index (χ2n) is 5.50. The SMILES string of the molecule is CCC(C)CN(CC)C(=O)N(C)C1COCC1C(=O)O. The molecule has 3 unspecified atom stereocenters. The molecular formula is C14H26N2O4. The molecule has 1 N–H and O–H groups in total. The molecular weight excluding hydrogens is 260 g/mol. The van der Waals surface area contributed by atoms with Crippen LogP contribution in [0.1, 0.15) is 27.2 Å². The van der Waals surface area contributed by atoms with Crippen LogP contribution in [0, 0.1) is 11.8 Å². The molecule has 20 heavy (non-hydrogen) atoms. The van der Waals surface area contributed by atoms with Gasteiger partial charge in [0.05, 0.1) is 19.3 Å². The molecule has 1 aliphatic heterocycles. The van der Waals surface area contributed by atoms with Gasteiger partial charge in [0, 0.05) is 20.1 Å². The molecule has 6 heteroatoms. The summed E-state index contributed by atoms with van der Waals surface area (Å²) < 4.78 is 5.22. The van der Waals surface area contributed by atoms with Crippen LogP contribution in [0.4, 0.5) is 4.79 Å². The first-order chi connectivity index (χ1) is 9.42. The first-order valence-corrected chi connectivity index (χ1v) is 7.24. The van der Waals surface area contributed by atoms with Crippen molar-refractivity contribution < 1.29 is 19.4 Å². The van der Waals surface area contributed by atoms with Crippen LogP contribution in [0.5, 0.6) is 0 Å². The Morgan fingerprint density at radius 2 is 2.00 bits per heavy atom. The van der Waals surface area contributed by atoms with Crippen LogP contribution in [0.25, 0.3) is 0 Å². The Bertz CT molecular complexity index is 348. The third-order valence-corrected chi connectivity index (χ3v) is 4.05. The first kappa shape index (κ1) is 16.8. The van der Waals surface area contributed by atoms with E-state index in [1.165, 1.54) is 4.90 Å². The zero-order valence-corrected chi connectivity index (χ0v) is 12.8. The highest BCUT2D eigenvalue weighted by molar-refractivity contribution is 5.77. The summed E-state index contributed by atoms with van der Waals surface area (Å²) in [5, 5.41) is 9.16. The minimum Gasteiger partial charge on any atom is -0.481 e. The van der Waals surface area contributed by atoms with Gasteiger partial charge in [0.2, 0.25) is 0 Å². The van der Waals surface area contributed by atoms with Crippen molar-refractivity contribution >= 4 is 12.0 Å². The number of urea groups is 1. The fourth-order valence-electron chi connectivity index (χ4n) is 2.37. The van der Waals surface area contributed by atoms with E-state index < -0.39 is 11.9 Å². The predicted molar refractivity (Wildman–Crippen MR) is 75.6 cm³/mol. The summed E-state index contributed by atoms with van der Waals surface area (Å²) in [6.07, 6.45) is 1.01. The van der Waals surface area contributed by atoms with Crippen molar-refractivity contribution in [3.05, 3.63) is 0 Å². The van der Waals surface area contributed by atoms with Crippen LogP contribution in [0.2, 0.25) is 0 Å². The van der Waals surface area contributed by atoms with Gasteiger partial charge < -0.3 is 19.6 Å². The summed E-state index contributed by atoms with van der Waals surface area (Å²) in [4.78, 5) is 26.9. The fourth-order valence-corrected chi connectivity index (χ4v) is 2.37. The summed E-state index contributed by atoms with van der Waals surface area (Å²) in [7, 11) is 1.66. The van der Waals surface area contributed by atoms with Gasteiger partial charge in [-0.1, -0.05) is 20.3 Å². The number of hydrogen-bond donors (Lipinski definition) is 1. The number of carbonyl (C=O) groups is 2. The highest BCUT2D eigenvalue weighted by Crippen LogP contribution is 2.20. The number of likely N-dealkylation sites (N-methyl/N-ethyl adjacent to an activating group) is 1. The van der Waals surface area contributed by atoms with E-state index in [9.17, 15) is 9.59 Å². The topological polar surface area (TPSA) is 70.1 Å². The van der Waals surface area contributed by atoms with Crippen molar-refractivity contribution in [2.24, 2.45) is 11.8 Å². The number of carboxylic acids is 1. The Hall–Kier alpha value is -1.30. The highest BCUT2D eigenvalue weighted by atomic mass is 16.5. The molecule has 0 spiro atoms. The van der Waals surface area contributed by atoms with Crippen LogP contribution in [-0.2, 0) is 9.53 Å². The van der Waals surface area contributed by atoms with E-state index in [4.69, 9.17) is 9.84 Å². The van der Waals surface area contributed by atoms with Crippen molar-refractivity contribution in [2.45, 2.75) is 33.2 Å². The normalized spacial score (nSPS) is 23.4. The molecule has 1 aliphatic rings. The first-order valence-electron chi connectivity index (χ1n) is 7.24. The molecule has 0 saturated carbocycles. The van der Waals surface area contributed by atoms with Gasteiger partial charge in [0.25, 0.3) is 0 Å². The molecule has 2 amide bonds. The van der Waals surface area contributed by atoms with Gasteiger partial charge in [-0.2, -0.15) is 0 Å². The van der Waals surface area contributed by atoms with Crippen molar-refractivity contribution in [3.8, 4) is 0 Å². The smallest absolute Gasteiger partial charge is 0.320 e. The Morgan fingerprint density at radius 3 is 2.50 bits per heavy atom. The molecule has 1 saturated heterocycles. The third-order valence-electron chi connectivity index (χ3n) is 4.05. The quantitative estimate of drug-likeness (QED) is 0.803. The molecule has 6 nitrogen and oxygen atoms in total. The van der Waals surface area contributed by atoms with Crippen LogP contribution in [-0.4, -0.2) is 66.3 Å². The minimum atomic E-state index is -0.905. The summed E-state index contributed by atoms with van der Waals surface area (Å²) in [6.45, 7) is 7.93. The van der Waals surface area contributed by atoms with Crippen molar-refractivity contribution in [3.63, 3.8) is 0 Å². The second kappa shape index (κ2) is 7.47. The highest BCUT2D eigenvalue weighted by Gasteiger charge is 2.39. The standard InChI is InChI=1S/C14H26N2O4/c1-5-10(3)7-16(6-2)14(19)15(4)12-9-20-8-11(12)13(17)18/h10-12H,5-9H2,1-4H3,(H,17,18). The van der Waals surface area contributed by atoms with Gasteiger partial charge in [-0.05, 0) is 12.8 Å². The number of rotatable bonds is 6. The second-order valence-corrected chi connectivity index (χ2v) is 5.50. The van der Waals surface area contributed by atoms with Crippen LogP contribution in [0.3, 0.4) is 0 Å². The van der Waals surface area contributed by atoms with E-state index in [-0.39, 0.29) is 18.7 Å². The minimum absolute atomic E-state index is 0.116. The number of hydrogen-bond acceptors (Lipinski definition) is 3. The largest absolute Gasteiger partial charge is 0.481 e. The molecule has 0 aromatic rings. The Balaban J connectivity index is 2.71. The van der Waals surface area contributed by atoms with E-state index in [2.05, 4.69) is 13.8 Å². The lowest BCUT2D eigenvalue weighted by atomic mass is 10.0. The Kier molecular flexibility index (Phi) is 6.26. The molecule has 0 radical (unpaired) electrons. The molecule has 1 fully saturated rings. The molecule has 3 atom stereocenters. The summed E-state index contributed by atoms with van der Waals surface area (Å²) in [5.74, 6) is -1.11. The number of ether oxygens (including phenoxy) is 1.